The molecule has 3 rings (SSSR count). The molecule has 2 aromatic heterocycles. The molecule has 1 aromatic carbocycles. The number of rotatable bonds is 7. The van der Waals surface area contributed by atoms with Gasteiger partial charge in [-0.1, -0.05) is 18.2 Å². The lowest BCUT2D eigenvalue weighted by Gasteiger charge is -2.23. The molecule has 0 aliphatic carbocycles. The normalized spacial score (nSPS) is 12.4. The van der Waals surface area contributed by atoms with Crippen LogP contribution in [0.1, 0.15) is 17.6 Å². The fourth-order valence-corrected chi connectivity index (χ4v) is 3.40. The Kier molecular flexibility index (Phi) is 5.80. The van der Waals surface area contributed by atoms with Gasteiger partial charge in [-0.15, -0.1) is 11.3 Å². The Hall–Kier alpha value is -2.51. The van der Waals surface area contributed by atoms with Gasteiger partial charge in [-0.3, -0.25) is 14.5 Å². The first kappa shape index (κ1) is 18.3. The maximum atomic E-state index is 12.3. The zero-order chi connectivity index (χ0) is 18.5. The number of nitrogens with one attached hydrogen (secondary N) is 2. The summed E-state index contributed by atoms with van der Waals surface area (Å²) in [5.74, 6) is 0.515. The Labute approximate surface area is 155 Å². The highest BCUT2D eigenvalue weighted by Crippen LogP contribution is 2.09. The fraction of sp³-hybridized carbons (Fsp3) is 0.316. The SMILES string of the molecule is C[C@@H](C(=O)NCCc1cccs1)N(C)Cc1nc2ccccc2c(=O)[nH]1. The van der Waals surface area contributed by atoms with Crippen molar-refractivity contribution in [3.63, 3.8) is 0 Å². The number of para-hydroxylation sites is 1. The minimum absolute atomic E-state index is 0.0350. The minimum atomic E-state index is -0.324. The van der Waals surface area contributed by atoms with Gasteiger partial charge in [-0.05, 0) is 44.0 Å². The third kappa shape index (κ3) is 4.36. The zero-order valence-corrected chi connectivity index (χ0v) is 15.7. The summed E-state index contributed by atoms with van der Waals surface area (Å²) >= 11 is 1.69. The number of aromatic amines is 1. The lowest BCUT2D eigenvalue weighted by molar-refractivity contribution is -0.125. The summed E-state index contributed by atoms with van der Waals surface area (Å²) in [6.07, 6.45) is 0.833. The van der Waals surface area contributed by atoms with Gasteiger partial charge in [0.2, 0.25) is 5.91 Å². The van der Waals surface area contributed by atoms with E-state index in [9.17, 15) is 9.59 Å². The Balaban J connectivity index is 1.59. The monoisotopic (exact) mass is 370 g/mol. The van der Waals surface area contributed by atoms with Crippen molar-refractivity contribution in [2.24, 2.45) is 0 Å². The number of aromatic nitrogens is 2. The molecule has 2 heterocycles. The van der Waals surface area contributed by atoms with Crippen molar-refractivity contribution in [2.75, 3.05) is 13.6 Å². The molecule has 136 valence electrons. The second kappa shape index (κ2) is 8.25. The van der Waals surface area contributed by atoms with Crippen LogP contribution in [0.3, 0.4) is 0 Å². The van der Waals surface area contributed by atoms with Gasteiger partial charge in [0, 0.05) is 11.4 Å². The summed E-state index contributed by atoms with van der Waals surface area (Å²) in [4.78, 5) is 34.9. The van der Waals surface area contributed by atoms with E-state index >= 15 is 0 Å². The molecule has 7 heteroatoms. The molecule has 3 aromatic rings. The quantitative estimate of drug-likeness (QED) is 0.668. The van der Waals surface area contributed by atoms with Crippen molar-refractivity contribution in [1.29, 1.82) is 0 Å². The molecular formula is C19H22N4O2S. The lowest BCUT2D eigenvalue weighted by Crippen LogP contribution is -2.43. The molecule has 0 fully saturated rings. The Morgan fingerprint density at radius 1 is 1.31 bits per heavy atom. The van der Waals surface area contributed by atoms with E-state index in [4.69, 9.17) is 0 Å². The summed E-state index contributed by atoms with van der Waals surface area (Å²) in [7, 11) is 1.85. The molecule has 0 radical (unpaired) electrons. The number of hydrogen-bond donors (Lipinski definition) is 2. The molecule has 0 bridgehead atoms. The van der Waals surface area contributed by atoms with Crippen LogP contribution in [-0.2, 0) is 17.8 Å². The number of fused-ring (bicyclic) bond motifs is 1. The lowest BCUT2D eigenvalue weighted by atomic mass is 10.2. The number of likely N-dealkylation sites (N-methyl/N-ethyl adjacent to an activating group) is 1. The zero-order valence-electron chi connectivity index (χ0n) is 14.9. The van der Waals surface area contributed by atoms with Crippen LogP contribution < -0.4 is 10.9 Å². The number of carbonyl (C=O) groups excluding carboxylic acids is 1. The van der Waals surface area contributed by atoms with Gasteiger partial charge in [0.15, 0.2) is 0 Å². The summed E-state index contributed by atoms with van der Waals surface area (Å²) in [6.45, 7) is 2.85. The van der Waals surface area contributed by atoms with Crippen LogP contribution in [0.25, 0.3) is 10.9 Å². The average molecular weight is 370 g/mol. The summed E-state index contributed by atoms with van der Waals surface area (Å²) in [6, 6.07) is 11.0. The van der Waals surface area contributed by atoms with Crippen LogP contribution in [0.5, 0.6) is 0 Å². The second-order valence-electron chi connectivity index (χ2n) is 6.24. The van der Waals surface area contributed by atoms with Gasteiger partial charge in [0.05, 0.1) is 23.5 Å². The van der Waals surface area contributed by atoms with Crippen molar-refractivity contribution in [3.8, 4) is 0 Å². The molecule has 1 amide bonds. The number of carbonyl (C=O) groups is 1. The number of amides is 1. The first-order chi connectivity index (χ1) is 12.5. The second-order valence-corrected chi connectivity index (χ2v) is 7.27. The number of benzene rings is 1. The van der Waals surface area contributed by atoms with Gasteiger partial charge in [-0.25, -0.2) is 4.98 Å². The number of H-pyrrole nitrogens is 1. The average Bonchev–Trinajstić information content (AvgIpc) is 3.14. The van der Waals surface area contributed by atoms with Crippen LogP contribution in [0.15, 0.2) is 46.6 Å². The van der Waals surface area contributed by atoms with Gasteiger partial charge in [0.25, 0.3) is 5.56 Å². The molecule has 0 aliphatic heterocycles. The summed E-state index contributed by atoms with van der Waals surface area (Å²) in [5, 5.41) is 5.56. The van der Waals surface area contributed by atoms with Crippen LogP contribution in [0.2, 0.25) is 0 Å². The molecule has 1 atom stereocenters. The maximum absolute atomic E-state index is 12.3. The van der Waals surface area contributed by atoms with E-state index in [2.05, 4.69) is 21.4 Å². The van der Waals surface area contributed by atoms with E-state index in [1.165, 1.54) is 4.88 Å². The van der Waals surface area contributed by atoms with Crippen molar-refractivity contribution >= 4 is 28.1 Å². The van der Waals surface area contributed by atoms with E-state index in [-0.39, 0.29) is 17.5 Å². The van der Waals surface area contributed by atoms with E-state index in [1.807, 2.05) is 48.5 Å². The first-order valence-corrected chi connectivity index (χ1v) is 9.41. The van der Waals surface area contributed by atoms with Crippen molar-refractivity contribution in [1.82, 2.24) is 20.2 Å². The molecule has 0 saturated carbocycles. The summed E-state index contributed by atoms with van der Waals surface area (Å²) < 4.78 is 0. The minimum Gasteiger partial charge on any atom is -0.354 e. The smallest absolute Gasteiger partial charge is 0.258 e. The first-order valence-electron chi connectivity index (χ1n) is 8.53. The van der Waals surface area contributed by atoms with Crippen LogP contribution in [0, 0.1) is 0 Å². The van der Waals surface area contributed by atoms with Gasteiger partial charge < -0.3 is 10.3 Å². The number of hydrogen-bond acceptors (Lipinski definition) is 5. The highest BCUT2D eigenvalue weighted by Gasteiger charge is 2.18. The van der Waals surface area contributed by atoms with E-state index in [1.54, 1.807) is 17.4 Å². The van der Waals surface area contributed by atoms with E-state index < -0.39 is 0 Å². The van der Waals surface area contributed by atoms with Crippen LogP contribution >= 0.6 is 11.3 Å². The van der Waals surface area contributed by atoms with Gasteiger partial charge in [0.1, 0.15) is 5.82 Å². The van der Waals surface area contributed by atoms with Gasteiger partial charge >= 0.3 is 0 Å². The standard InChI is InChI=1S/C19H22N4O2S/c1-13(18(24)20-10-9-14-6-5-11-26-14)23(2)12-17-21-16-8-4-3-7-15(16)19(25)22-17/h3-8,11,13H,9-10,12H2,1-2H3,(H,20,24)(H,21,22,25)/t13-/m0/s1. The van der Waals surface area contributed by atoms with Crippen LogP contribution in [-0.4, -0.2) is 40.4 Å². The number of thiophene rings is 1. The third-order valence-corrected chi connectivity index (χ3v) is 5.29. The predicted molar refractivity (Wildman–Crippen MR) is 104 cm³/mol. The fourth-order valence-electron chi connectivity index (χ4n) is 2.69. The Morgan fingerprint density at radius 2 is 2.12 bits per heavy atom. The molecule has 0 saturated heterocycles. The topological polar surface area (TPSA) is 78.1 Å². The highest BCUT2D eigenvalue weighted by atomic mass is 32.1. The highest BCUT2D eigenvalue weighted by molar-refractivity contribution is 7.09. The maximum Gasteiger partial charge on any atom is 0.258 e. The molecular weight excluding hydrogens is 348 g/mol. The van der Waals surface area contributed by atoms with Crippen LogP contribution in [0.4, 0.5) is 0 Å². The van der Waals surface area contributed by atoms with E-state index in [0.717, 1.165) is 6.42 Å². The third-order valence-electron chi connectivity index (χ3n) is 4.35. The Bertz CT molecular complexity index is 936. The van der Waals surface area contributed by atoms with Crippen molar-refractivity contribution < 1.29 is 4.79 Å². The molecule has 2 N–H and O–H groups in total. The molecule has 0 unspecified atom stereocenters. The van der Waals surface area contributed by atoms with E-state index in [0.29, 0.717) is 29.8 Å². The molecule has 0 spiro atoms. The number of nitrogens with zero attached hydrogens (tertiary/aromatic N) is 2. The van der Waals surface area contributed by atoms with Crippen molar-refractivity contribution in [3.05, 3.63) is 62.8 Å². The summed E-state index contributed by atoms with van der Waals surface area (Å²) in [5.41, 5.74) is 0.500. The predicted octanol–water partition coefficient (Wildman–Crippen LogP) is 2.16. The molecule has 6 nitrogen and oxygen atoms in total. The largest absolute Gasteiger partial charge is 0.354 e. The Morgan fingerprint density at radius 3 is 2.88 bits per heavy atom. The van der Waals surface area contributed by atoms with Gasteiger partial charge in [-0.2, -0.15) is 0 Å². The molecule has 0 aliphatic rings. The molecule has 26 heavy (non-hydrogen) atoms. The van der Waals surface area contributed by atoms with Crippen molar-refractivity contribution in [2.45, 2.75) is 25.9 Å².